The van der Waals surface area contributed by atoms with E-state index in [-0.39, 0.29) is 22.7 Å². The van der Waals surface area contributed by atoms with E-state index >= 15 is 0 Å². The highest BCUT2D eigenvalue weighted by atomic mass is 35.5. The van der Waals surface area contributed by atoms with Gasteiger partial charge >= 0.3 is 0 Å². The molecule has 0 aliphatic carbocycles. The lowest BCUT2D eigenvalue weighted by Gasteiger charge is -2.29. The molecule has 31 heavy (non-hydrogen) atoms. The van der Waals surface area contributed by atoms with Crippen LogP contribution >= 0.6 is 11.6 Å². The van der Waals surface area contributed by atoms with Crippen LogP contribution in [0.15, 0.2) is 53.4 Å². The summed E-state index contributed by atoms with van der Waals surface area (Å²) < 4.78 is 14.9. The molecule has 6 nitrogen and oxygen atoms in total. The number of nitrogens with one attached hydrogen (secondary N) is 3. The summed E-state index contributed by atoms with van der Waals surface area (Å²) in [6, 6.07) is 4.45. The van der Waals surface area contributed by atoms with Gasteiger partial charge in [-0.2, -0.15) is 0 Å². The van der Waals surface area contributed by atoms with Gasteiger partial charge in [0, 0.05) is 36.3 Å². The minimum absolute atomic E-state index is 0.161. The van der Waals surface area contributed by atoms with Crippen molar-refractivity contribution < 1.29 is 14.0 Å². The van der Waals surface area contributed by atoms with Crippen molar-refractivity contribution in [1.29, 1.82) is 5.41 Å². The van der Waals surface area contributed by atoms with Crippen molar-refractivity contribution in [1.82, 2.24) is 10.2 Å². The Morgan fingerprint density at radius 3 is 2.52 bits per heavy atom. The van der Waals surface area contributed by atoms with E-state index in [4.69, 9.17) is 17.0 Å². The van der Waals surface area contributed by atoms with Gasteiger partial charge in [0.1, 0.15) is 11.7 Å². The molecule has 0 spiro atoms. The van der Waals surface area contributed by atoms with E-state index in [0.717, 1.165) is 32.4 Å². The van der Waals surface area contributed by atoms with Crippen molar-refractivity contribution in [3.8, 4) is 0 Å². The fourth-order valence-corrected chi connectivity index (χ4v) is 3.36. The number of amidine groups is 1. The van der Waals surface area contributed by atoms with Gasteiger partial charge in [0.2, 0.25) is 0 Å². The fourth-order valence-electron chi connectivity index (χ4n) is 3.19. The van der Waals surface area contributed by atoms with E-state index in [1.807, 2.05) is 4.90 Å². The molecule has 3 N–H and O–H groups in total. The van der Waals surface area contributed by atoms with Gasteiger partial charge < -0.3 is 15.5 Å². The number of hydrogen-bond acceptors (Lipinski definition) is 3. The van der Waals surface area contributed by atoms with E-state index < -0.39 is 17.6 Å². The van der Waals surface area contributed by atoms with Crippen molar-refractivity contribution in [2.45, 2.75) is 33.1 Å². The molecule has 1 aliphatic heterocycles. The number of benzene rings is 1. The van der Waals surface area contributed by atoms with Gasteiger partial charge in [0.15, 0.2) is 0 Å². The van der Waals surface area contributed by atoms with Crippen LogP contribution in [-0.2, 0) is 4.79 Å². The second-order valence-corrected chi connectivity index (χ2v) is 7.63. The number of carbonyl (C=O) groups is 2. The third kappa shape index (κ3) is 6.52. The van der Waals surface area contributed by atoms with Crippen LogP contribution in [0.1, 0.15) is 43.5 Å². The SMILES string of the molecule is C\C=C/C(=C\C(F)=C(/C)C(=O)Nc1ccc(Cl)cc1C(=O)NC)C(=N)N1CCCCC1. The van der Waals surface area contributed by atoms with Crippen molar-refractivity contribution in [2.75, 3.05) is 25.5 Å². The first kappa shape index (κ1) is 24.3. The number of allylic oxidation sites excluding steroid dienone is 3. The van der Waals surface area contributed by atoms with Crippen LogP contribution in [0.5, 0.6) is 0 Å². The van der Waals surface area contributed by atoms with Crippen molar-refractivity contribution in [3.05, 3.63) is 64.0 Å². The van der Waals surface area contributed by atoms with Gasteiger partial charge in [-0.1, -0.05) is 23.8 Å². The van der Waals surface area contributed by atoms with Crippen molar-refractivity contribution in [3.63, 3.8) is 0 Å². The molecular formula is C23H28ClFN4O2. The average Bonchev–Trinajstić information content (AvgIpc) is 2.78. The Hall–Kier alpha value is -2.93. The molecule has 8 heteroatoms. The number of carbonyl (C=O) groups excluding carboxylic acids is 2. The van der Waals surface area contributed by atoms with Crippen molar-refractivity contribution >= 4 is 34.9 Å². The topological polar surface area (TPSA) is 85.3 Å². The predicted molar refractivity (Wildman–Crippen MR) is 123 cm³/mol. The summed E-state index contributed by atoms with van der Waals surface area (Å²) in [6.07, 6.45) is 7.72. The standard InChI is InChI=1S/C23H28ClFN4O2/c1-4-8-16(21(26)29-11-6-5-7-12-29)13-19(25)15(2)22(30)28-20-10-9-17(24)14-18(20)23(31)27-3/h4,8-10,13-14,26H,5-7,11-12H2,1-3H3,(H,27,31)(H,28,30)/b8-4-,16-13+,19-15-,26-21?. The molecular weight excluding hydrogens is 419 g/mol. The molecule has 1 fully saturated rings. The molecule has 1 aliphatic rings. The summed E-state index contributed by atoms with van der Waals surface area (Å²) in [5.41, 5.74) is 0.631. The number of rotatable bonds is 6. The lowest BCUT2D eigenvalue weighted by atomic mass is 10.1. The van der Waals surface area contributed by atoms with Crippen LogP contribution in [0.3, 0.4) is 0 Å². The van der Waals surface area contributed by atoms with Crippen LogP contribution < -0.4 is 10.6 Å². The highest BCUT2D eigenvalue weighted by Gasteiger charge is 2.19. The summed E-state index contributed by atoms with van der Waals surface area (Å²) in [5.74, 6) is -1.63. The number of anilines is 1. The highest BCUT2D eigenvalue weighted by Crippen LogP contribution is 2.23. The molecule has 1 saturated heterocycles. The Labute approximate surface area is 187 Å². The Bertz CT molecular complexity index is 947. The second kappa shape index (κ2) is 11.5. The largest absolute Gasteiger partial charge is 0.357 e. The Balaban J connectivity index is 2.28. The highest BCUT2D eigenvalue weighted by molar-refractivity contribution is 6.31. The third-order valence-corrected chi connectivity index (χ3v) is 5.21. The van der Waals surface area contributed by atoms with Gasteiger partial charge in [0.25, 0.3) is 11.8 Å². The fraction of sp³-hybridized carbons (Fsp3) is 0.348. The minimum Gasteiger partial charge on any atom is -0.357 e. The van der Waals surface area contributed by atoms with Crippen LogP contribution in [0, 0.1) is 5.41 Å². The molecule has 0 unspecified atom stereocenters. The number of halogens is 2. The summed E-state index contributed by atoms with van der Waals surface area (Å²) in [7, 11) is 1.46. The first-order valence-electron chi connectivity index (χ1n) is 10.2. The summed E-state index contributed by atoms with van der Waals surface area (Å²) in [4.78, 5) is 26.6. The van der Waals surface area contributed by atoms with E-state index in [1.54, 1.807) is 19.1 Å². The Morgan fingerprint density at radius 2 is 1.90 bits per heavy atom. The van der Waals surface area contributed by atoms with Gasteiger partial charge in [-0.25, -0.2) is 4.39 Å². The lowest BCUT2D eigenvalue weighted by molar-refractivity contribution is -0.112. The molecule has 166 valence electrons. The number of nitrogens with zero attached hydrogens (tertiary/aromatic N) is 1. The molecule has 2 amide bonds. The Morgan fingerprint density at radius 1 is 1.23 bits per heavy atom. The average molecular weight is 447 g/mol. The zero-order chi connectivity index (χ0) is 23.0. The number of piperidine rings is 1. The van der Waals surface area contributed by atoms with E-state index in [1.165, 1.54) is 38.2 Å². The van der Waals surface area contributed by atoms with E-state index in [2.05, 4.69) is 10.6 Å². The van der Waals surface area contributed by atoms with Gasteiger partial charge in [-0.15, -0.1) is 0 Å². The quantitative estimate of drug-likeness (QED) is 0.253. The zero-order valence-corrected chi connectivity index (χ0v) is 18.8. The number of likely N-dealkylation sites (tertiary alicyclic amines) is 1. The smallest absolute Gasteiger partial charge is 0.254 e. The van der Waals surface area contributed by atoms with Gasteiger partial charge in [-0.3, -0.25) is 15.0 Å². The van der Waals surface area contributed by atoms with Crippen molar-refractivity contribution in [2.24, 2.45) is 0 Å². The Kier molecular flexibility index (Phi) is 9.00. The summed E-state index contributed by atoms with van der Waals surface area (Å²) >= 11 is 5.95. The summed E-state index contributed by atoms with van der Waals surface area (Å²) in [5, 5.41) is 13.8. The maximum Gasteiger partial charge on any atom is 0.254 e. The molecule has 0 saturated carbocycles. The van der Waals surface area contributed by atoms with E-state index in [9.17, 15) is 14.0 Å². The van der Waals surface area contributed by atoms with Crippen LogP contribution in [-0.4, -0.2) is 42.7 Å². The van der Waals surface area contributed by atoms with Crippen LogP contribution in [0.2, 0.25) is 5.02 Å². The second-order valence-electron chi connectivity index (χ2n) is 7.19. The first-order chi connectivity index (χ1) is 14.8. The third-order valence-electron chi connectivity index (χ3n) is 4.97. The molecule has 0 atom stereocenters. The molecule has 0 radical (unpaired) electrons. The molecule has 0 aromatic heterocycles. The van der Waals surface area contributed by atoms with Gasteiger partial charge in [-0.05, 0) is 57.4 Å². The number of amides is 2. The number of hydrogen-bond donors (Lipinski definition) is 3. The van der Waals surface area contributed by atoms with Gasteiger partial charge in [0.05, 0.1) is 11.3 Å². The maximum atomic E-state index is 14.9. The molecule has 0 bridgehead atoms. The van der Waals surface area contributed by atoms with Crippen LogP contribution in [0.4, 0.5) is 10.1 Å². The first-order valence-corrected chi connectivity index (χ1v) is 10.5. The normalized spacial score (nSPS) is 15.5. The van der Waals surface area contributed by atoms with E-state index in [0.29, 0.717) is 10.6 Å². The predicted octanol–water partition coefficient (Wildman–Crippen LogP) is 4.85. The maximum absolute atomic E-state index is 14.9. The zero-order valence-electron chi connectivity index (χ0n) is 18.0. The monoisotopic (exact) mass is 446 g/mol. The molecule has 1 heterocycles. The minimum atomic E-state index is -0.747. The molecule has 2 rings (SSSR count). The summed E-state index contributed by atoms with van der Waals surface area (Å²) in [6.45, 7) is 4.67. The lowest BCUT2D eigenvalue weighted by Crippen LogP contribution is -2.35. The molecule has 1 aromatic rings. The molecule has 1 aromatic carbocycles. The van der Waals surface area contributed by atoms with Crippen LogP contribution in [0.25, 0.3) is 0 Å².